The second-order valence-corrected chi connectivity index (χ2v) is 5.34. The van der Waals surface area contributed by atoms with Gasteiger partial charge in [-0.3, -0.25) is 10.1 Å². The number of hydrogen-bond acceptors (Lipinski definition) is 3. The molecule has 0 aromatic rings. The van der Waals surface area contributed by atoms with E-state index in [2.05, 4.69) is 5.32 Å². The van der Waals surface area contributed by atoms with E-state index >= 15 is 0 Å². The zero-order valence-corrected chi connectivity index (χ0v) is 10.9. The summed E-state index contributed by atoms with van der Waals surface area (Å²) < 4.78 is 0. The van der Waals surface area contributed by atoms with Gasteiger partial charge in [-0.2, -0.15) is 0 Å². The van der Waals surface area contributed by atoms with Crippen LogP contribution in [0.2, 0.25) is 0 Å². The molecule has 17 heavy (non-hydrogen) atoms. The summed E-state index contributed by atoms with van der Waals surface area (Å²) in [5.74, 6) is -0.823. The fourth-order valence-corrected chi connectivity index (χ4v) is 2.61. The van der Waals surface area contributed by atoms with E-state index in [4.69, 9.17) is 0 Å². The average molecular weight is 243 g/mol. The number of aliphatic hydroxyl groups is 1. The molecule has 0 aromatic heterocycles. The van der Waals surface area contributed by atoms with Crippen molar-refractivity contribution in [2.24, 2.45) is 0 Å². The summed E-state index contributed by atoms with van der Waals surface area (Å²) in [6.45, 7) is 3.70. The van der Waals surface area contributed by atoms with Crippen molar-refractivity contribution in [3.05, 3.63) is 0 Å². The molecule has 0 saturated heterocycles. The number of carboxylic acid groups (broad SMARTS) is 1. The minimum atomic E-state index is -0.912. The molecule has 0 radical (unpaired) electrons. The van der Waals surface area contributed by atoms with Crippen molar-refractivity contribution in [2.45, 2.75) is 76.5 Å². The van der Waals surface area contributed by atoms with Crippen molar-refractivity contribution >= 4 is 5.97 Å². The largest absolute Gasteiger partial charge is 0.480 e. The van der Waals surface area contributed by atoms with E-state index in [-0.39, 0.29) is 6.04 Å². The van der Waals surface area contributed by atoms with Crippen LogP contribution in [0.1, 0.15) is 58.8 Å². The van der Waals surface area contributed by atoms with Crippen LogP contribution in [0, 0.1) is 0 Å². The molecular weight excluding hydrogens is 218 g/mol. The predicted molar refractivity (Wildman–Crippen MR) is 67.0 cm³/mol. The third-order valence-electron chi connectivity index (χ3n) is 3.71. The minimum absolute atomic E-state index is 0.0786. The molecule has 3 unspecified atom stereocenters. The van der Waals surface area contributed by atoms with Crippen LogP contribution in [0.3, 0.4) is 0 Å². The van der Waals surface area contributed by atoms with Crippen LogP contribution in [0.25, 0.3) is 0 Å². The Morgan fingerprint density at radius 1 is 1.35 bits per heavy atom. The molecule has 0 aromatic carbocycles. The van der Waals surface area contributed by atoms with Crippen LogP contribution >= 0.6 is 0 Å². The van der Waals surface area contributed by atoms with E-state index < -0.39 is 17.6 Å². The maximum Gasteiger partial charge on any atom is 0.323 e. The number of carboxylic acids is 1. The Bertz CT molecular complexity index is 257. The van der Waals surface area contributed by atoms with Crippen molar-refractivity contribution in [1.29, 1.82) is 0 Å². The number of nitrogens with one attached hydrogen (secondary N) is 1. The van der Waals surface area contributed by atoms with E-state index in [0.29, 0.717) is 6.42 Å². The second-order valence-electron chi connectivity index (χ2n) is 5.34. The number of rotatable bonds is 5. The molecule has 0 bridgehead atoms. The molecule has 4 nitrogen and oxygen atoms in total. The monoisotopic (exact) mass is 243 g/mol. The maximum absolute atomic E-state index is 11.3. The van der Waals surface area contributed by atoms with Crippen molar-refractivity contribution in [3.8, 4) is 0 Å². The molecular formula is C13H25NO3. The molecule has 3 N–H and O–H groups in total. The lowest BCUT2D eigenvalue weighted by Gasteiger charge is -2.33. The van der Waals surface area contributed by atoms with Crippen molar-refractivity contribution in [3.63, 3.8) is 0 Å². The molecule has 0 aliphatic heterocycles. The van der Waals surface area contributed by atoms with Gasteiger partial charge in [-0.15, -0.1) is 0 Å². The van der Waals surface area contributed by atoms with Crippen LogP contribution in [-0.4, -0.2) is 33.9 Å². The fraction of sp³-hybridized carbons (Fsp3) is 0.923. The molecule has 1 aliphatic rings. The Labute approximate surface area is 103 Å². The number of carbonyl (C=O) groups is 1. The molecule has 100 valence electrons. The Balaban J connectivity index is 2.67. The summed E-state index contributed by atoms with van der Waals surface area (Å²) in [6, 6.07) is -0.0786. The molecule has 1 aliphatic carbocycles. The van der Waals surface area contributed by atoms with E-state index in [1.807, 2.05) is 6.92 Å². The van der Waals surface area contributed by atoms with Gasteiger partial charge in [-0.05, 0) is 26.2 Å². The van der Waals surface area contributed by atoms with E-state index in [1.165, 1.54) is 0 Å². The maximum atomic E-state index is 11.3. The lowest BCUT2D eigenvalue weighted by atomic mass is 9.93. The first kappa shape index (κ1) is 14.5. The van der Waals surface area contributed by atoms with Crippen LogP contribution < -0.4 is 5.32 Å². The Kier molecular flexibility index (Phi) is 5.40. The van der Waals surface area contributed by atoms with Crippen LogP contribution in [0.15, 0.2) is 0 Å². The zero-order valence-electron chi connectivity index (χ0n) is 10.9. The Hall–Kier alpha value is -0.610. The van der Waals surface area contributed by atoms with Gasteiger partial charge >= 0.3 is 5.97 Å². The van der Waals surface area contributed by atoms with E-state index in [0.717, 1.165) is 38.5 Å². The summed E-state index contributed by atoms with van der Waals surface area (Å²) in [7, 11) is 0. The highest BCUT2D eigenvalue weighted by Gasteiger charge is 2.36. The average Bonchev–Trinajstić information content (AvgIpc) is 2.44. The number of hydrogen-bond donors (Lipinski definition) is 3. The van der Waals surface area contributed by atoms with Crippen LogP contribution in [0.4, 0.5) is 0 Å². The van der Waals surface area contributed by atoms with Gasteiger partial charge in [0.2, 0.25) is 0 Å². The van der Waals surface area contributed by atoms with Gasteiger partial charge in [0.15, 0.2) is 0 Å². The zero-order chi connectivity index (χ0) is 12.9. The normalized spacial score (nSPS) is 29.4. The number of aliphatic carboxylic acids is 1. The lowest BCUT2D eigenvalue weighted by molar-refractivity contribution is -0.145. The molecule has 3 atom stereocenters. The summed E-state index contributed by atoms with van der Waals surface area (Å²) >= 11 is 0. The van der Waals surface area contributed by atoms with E-state index in [1.54, 1.807) is 6.92 Å². The van der Waals surface area contributed by atoms with Crippen molar-refractivity contribution in [2.75, 3.05) is 0 Å². The first-order chi connectivity index (χ1) is 7.99. The van der Waals surface area contributed by atoms with Gasteiger partial charge in [0.25, 0.3) is 0 Å². The topological polar surface area (TPSA) is 69.6 Å². The molecule has 0 spiro atoms. The third-order valence-corrected chi connectivity index (χ3v) is 3.71. The van der Waals surface area contributed by atoms with Gasteiger partial charge in [0, 0.05) is 6.04 Å². The first-order valence-corrected chi connectivity index (χ1v) is 6.69. The quantitative estimate of drug-likeness (QED) is 0.645. The summed E-state index contributed by atoms with van der Waals surface area (Å²) in [5, 5.41) is 22.5. The first-order valence-electron chi connectivity index (χ1n) is 6.69. The van der Waals surface area contributed by atoms with Gasteiger partial charge in [-0.1, -0.05) is 32.6 Å². The number of aliphatic hydroxyl groups excluding tert-OH is 1. The highest BCUT2D eigenvalue weighted by molar-refractivity contribution is 5.78. The van der Waals surface area contributed by atoms with Gasteiger partial charge < -0.3 is 10.2 Å². The molecule has 0 heterocycles. The third kappa shape index (κ3) is 3.96. The molecule has 4 heteroatoms. The summed E-state index contributed by atoms with van der Waals surface area (Å²) in [5.41, 5.74) is -0.912. The Morgan fingerprint density at radius 3 is 2.59 bits per heavy atom. The fourth-order valence-electron chi connectivity index (χ4n) is 2.61. The van der Waals surface area contributed by atoms with Crippen LogP contribution in [-0.2, 0) is 4.79 Å². The molecule has 0 amide bonds. The highest BCUT2D eigenvalue weighted by Crippen LogP contribution is 2.22. The predicted octanol–water partition coefficient (Wildman–Crippen LogP) is 1.91. The molecule has 1 saturated carbocycles. The lowest BCUT2D eigenvalue weighted by Crippen LogP contribution is -2.56. The van der Waals surface area contributed by atoms with Gasteiger partial charge in [0.1, 0.15) is 5.54 Å². The molecule has 1 rings (SSSR count). The van der Waals surface area contributed by atoms with Gasteiger partial charge in [-0.25, -0.2) is 0 Å². The minimum Gasteiger partial charge on any atom is -0.480 e. The summed E-state index contributed by atoms with van der Waals surface area (Å²) in [4.78, 5) is 11.3. The Morgan fingerprint density at radius 2 is 2.00 bits per heavy atom. The standard InChI is InChI=1S/C13H25NO3/c1-3-9-13(2,12(16)17)14-10-7-5-4-6-8-11(10)15/h10-11,14-15H,3-9H2,1-2H3,(H,16,17). The van der Waals surface area contributed by atoms with Crippen LogP contribution in [0.5, 0.6) is 0 Å². The van der Waals surface area contributed by atoms with Crippen molar-refractivity contribution < 1.29 is 15.0 Å². The van der Waals surface area contributed by atoms with Crippen molar-refractivity contribution in [1.82, 2.24) is 5.32 Å². The SMILES string of the molecule is CCCC(C)(NC1CCCCCC1O)C(=O)O. The summed E-state index contributed by atoms with van der Waals surface area (Å²) in [6.07, 6.45) is 5.88. The smallest absolute Gasteiger partial charge is 0.323 e. The van der Waals surface area contributed by atoms with E-state index in [9.17, 15) is 15.0 Å². The highest BCUT2D eigenvalue weighted by atomic mass is 16.4. The molecule has 1 fully saturated rings. The van der Waals surface area contributed by atoms with Gasteiger partial charge in [0.05, 0.1) is 6.10 Å². The second kappa shape index (κ2) is 6.36.